The van der Waals surface area contributed by atoms with Crippen LogP contribution in [0.5, 0.6) is 5.75 Å². The highest BCUT2D eigenvalue weighted by atomic mass is 16.4. The molecule has 1 atom stereocenters. The molecule has 2 aromatic heterocycles. The number of nitrogens with one attached hydrogen (secondary N) is 2. The van der Waals surface area contributed by atoms with E-state index in [0.717, 1.165) is 41.4 Å². The molecule has 0 saturated heterocycles. The zero-order chi connectivity index (χ0) is 21.7. The zero-order valence-electron chi connectivity index (χ0n) is 17.7. The molecule has 158 valence electrons. The Morgan fingerprint density at radius 3 is 2.77 bits per heavy atom. The number of aromatic carboxylic acids is 1. The van der Waals surface area contributed by atoms with Gasteiger partial charge in [-0.05, 0) is 36.5 Å². The van der Waals surface area contributed by atoms with Crippen LogP contribution in [0.4, 0.5) is 0 Å². The molecule has 0 spiro atoms. The Balaban J connectivity index is 1.96. The number of aryl methyl sites for hydroxylation is 2. The minimum absolute atomic E-state index is 0.0943. The van der Waals surface area contributed by atoms with Gasteiger partial charge in [0, 0.05) is 47.4 Å². The number of fused-ring (bicyclic) bond motifs is 5. The third-order valence-corrected chi connectivity index (χ3v) is 6.16. The quantitative estimate of drug-likeness (QED) is 0.528. The number of aromatic hydroxyl groups is 1. The summed E-state index contributed by atoms with van der Waals surface area (Å²) in [5.74, 6) is -1.94. The van der Waals surface area contributed by atoms with Gasteiger partial charge in [0.05, 0.1) is 5.69 Å². The number of carbonyl (C=O) groups is 1. The lowest BCUT2D eigenvalue weighted by Crippen LogP contribution is -2.22. The molecule has 1 aliphatic carbocycles. The van der Waals surface area contributed by atoms with Crippen molar-refractivity contribution >= 4 is 16.9 Å². The lowest BCUT2D eigenvalue weighted by atomic mass is 9.93. The first-order chi connectivity index (χ1) is 14.2. The zero-order valence-corrected chi connectivity index (χ0v) is 17.7. The third-order valence-electron chi connectivity index (χ3n) is 6.16. The molecule has 0 unspecified atom stereocenters. The van der Waals surface area contributed by atoms with Gasteiger partial charge in [-0.25, -0.2) is 4.79 Å². The number of benzene rings is 1. The fraction of sp³-hybridized carbons (Fsp3) is 0.391. The minimum atomic E-state index is -1.42. The molecule has 0 radical (unpaired) electrons. The summed E-state index contributed by atoms with van der Waals surface area (Å²) < 4.78 is 2.17. The second-order valence-corrected chi connectivity index (χ2v) is 8.47. The summed E-state index contributed by atoms with van der Waals surface area (Å²) in [5.41, 5.74) is 3.89. The molecule has 4 rings (SSSR count). The van der Waals surface area contributed by atoms with Crippen molar-refractivity contribution in [2.24, 2.45) is 7.05 Å². The van der Waals surface area contributed by atoms with Gasteiger partial charge in [-0.1, -0.05) is 26.8 Å². The van der Waals surface area contributed by atoms with E-state index in [4.69, 9.17) is 0 Å². The Morgan fingerprint density at radius 2 is 2.10 bits per heavy atom. The van der Waals surface area contributed by atoms with Gasteiger partial charge < -0.3 is 25.1 Å². The van der Waals surface area contributed by atoms with Crippen LogP contribution in [0.3, 0.4) is 0 Å². The molecule has 7 nitrogen and oxygen atoms in total. The van der Waals surface area contributed by atoms with Crippen LogP contribution in [0.1, 0.15) is 60.3 Å². The van der Waals surface area contributed by atoms with Crippen molar-refractivity contribution in [3.63, 3.8) is 0 Å². The molecule has 0 amide bonds. The highest BCUT2D eigenvalue weighted by molar-refractivity contribution is 5.95. The summed E-state index contributed by atoms with van der Waals surface area (Å²) >= 11 is 0. The van der Waals surface area contributed by atoms with Crippen molar-refractivity contribution in [3.05, 3.63) is 50.9 Å². The smallest absolute Gasteiger partial charge is 0.345 e. The Labute approximate surface area is 174 Å². The second kappa shape index (κ2) is 7.32. The predicted molar refractivity (Wildman–Crippen MR) is 116 cm³/mol. The van der Waals surface area contributed by atoms with E-state index in [1.807, 2.05) is 26.1 Å². The second-order valence-electron chi connectivity index (χ2n) is 8.47. The Bertz CT molecular complexity index is 1220. The van der Waals surface area contributed by atoms with E-state index >= 15 is 0 Å². The molecule has 1 aliphatic rings. The van der Waals surface area contributed by atoms with E-state index in [-0.39, 0.29) is 5.92 Å². The Morgan fingerprint density at radius 1 is 1.37 bits per heavy atom. The fourth-order valence-corrected chi connectivity index (χ4v) is 4.51. The van der Waals surface area contributed by atoms with Crippen LogP contribution >= 0.6 is 0 Å². The number of aromatic amines is 1. The number of carboxylic acids is 1. The van der Waals surface area contributed by atoms with Gasteiger partial charge in [0.25, 0.3) is 5.56 Å². The number of aromatic nitrogens is 2. The third kappa shape index (κ3) is 3.10. The number of hydrogen-bond acceptors (Lipinski definition) is 4. The molecule has 4 N–H and O–H groups in total. The van der Waals surface area contributed by atoms with Gasteiger partial charge in [0.1, 0.15) is 5.75 Å². The van der Waals surface area contributed by atoms with Gasteiger partial charge >= 0.3 is 5.97 Å². The van der Waals surface area contributed by atoms with Gasteiger partial charge in [0.2, 0.25) is 0 Å². The van der Waals surface area contributed by atoms with Crippen molar-refractivity contribution in [3.8, 4) is 17.0 Å². The van der Waals surface area contributed by atoms with Crippen molar-refractivity contribution < 1.29 is 15.0 Å². The van der Waals surface area contributed by atoms with Crippen LogP contribution in [0.25, 0.3) is 22.2 Å². The highest BCUT2D eigenvalue weighted by Crippen LogP contribution is 2.43. The van der Waals surface area contributed by atoms with E-state index in [1.54, 1.807) is 0 Å². The fourth-order valence-electron chi connectivity index (χ4n) is 4.51. The first-order valence-electron chi connectivity index (χ1n) is 10.3. The summed E-state index contributed by atoms with van der Waals surface area (Å²) in [4.78, 5) is 26.7. The lowest BCUT2D eigenvalue weighted by molar-refractivity contribution is 0.0691. The predicted octanol–water partition coefficient (Wildman–Crippen LogP) is 3.49. The number of H-pyrrole nitrogens is 1. The van der Waals surface area contributed by atoms with Crippen LogP contribution in [-0.4, -0.2) is 31.8 Å². The molecule has 3 aromatic rings. The summed E-state index contributed by atoms with van der Waals surface area (Å²) in [6.07, 6.45) is 1.51. The van der Waals surface area contributed by atoms with Crippen LogP contribution in [-0.2, 0) is 20.0 Å². The first-order valence-corrected chi connectivity index (χ1v) is 10.3. The summed E-state index contributed by atoms with van der Waals surface area (Å²) in [6.45, 7) is 6.93. The van der Waals surface area contributed by atoms with E-state index in [9.17, 15) is 19.8 Å². The largest absolute Gasteiger partial charge is 0.506 e. The molecule has 30 heavy (non-hydrogen) atoms. The molecular weight excluding hydrogens is 382 g/mol. The van der Waals surface area contributed by atoms with E-state index in [0.29, 0.717) is 17.3 Å². The van der Waals surface area contributed by atoms with Gasteiger partial charge in [-0.2, -0.15) is 0 Å². The highest BCUT2D eigenvalue weighted by Gasteiger charge is 2.29. The summed E-state index contributed by atoms with van der Waals surface area (Å²) in [7, 11) is 2.05. The number of nitrogens with zero attached hydrogens (tertiary/aromatic N) is 1. The molecule has 0 bridgehead atoms. The molecule has 0 saturated carbocycles. The maximum Gasteiger partial charge on any atom is 0.345 e. The molecule has 0 aliphatic heterocycles. The monoisotopic (exact) mass is 409 g/mol. The Kier molecular flexibility index (Phi) is 4.94. The molecule has 1 aromatic carbocycles. The minimum Gasteiger partial charge on any atom is -0.506 e. The van der Waals surface area contributed by atoms with E-state index < -0.39 is 22.8 Å². The summed E-state index contributed by atoms with van der Waals surface area (Å²) in [5, 5.41) is 24.6. The van der Waals surface area contributed by atoms with Gasteiger partial charge in [0.15, 0.2) is 5.56 Å². The van der Waals surface area contributed by atoms with Crippen molar-refractivity contribution in [1.29, 1.82) is 0 Å². The summed E-state index contributed by atoms with van der Waals surface area (Å²) in [6, 6.07) is 6.55. The molecule has 2 heterocycles. The average Bonchev–Trinajstić information content (AvgIpc) is 2.91. The lowest BCUT2D eigenvalue weighted by Gasteiger charge is -2.16. The molecule has 0 fully saturated rings. The van der Waals surface area contributed by atoms with Crippen molar-refractivity contribution in [2.75, 3.05) is 0 Å². The van der Waals surface area contributed by atoms with Gasteiger partial charge in [-0.15, -0.1) is 0 Å². The van der Waals surface area contributed by atoms with Gasteiger partial charge in [-0.3, -0.25) is 4.79 Å². The van der Waals surface area contributed by atoms with Crippen LogP contribution in [0.15, 0.2) is 23.0 Å². The number of rotatable bonds is 4. The van der Waals surface area contributed by atoms with Crippen molar-refractivity contribution in [2.45, 2.75) is 52.1 Å². The molecule has 7 heteroatoms. The maximum absolute atomic E-state index is 12.4. The number of hydrogen-bond donors (Lipinski definition) is 4. The molecular formula is C23H27N3O4. The maximum atomic E-state index is 12.4. The normalized spacial score (nSPS) is 15.8. The topological polar surface area (TPSA) is 107 Å². The van der Waals surface area contributed by atoms with Crippen molar-refractivity contribution in [1.82, 2.24) is 14.9 Å². The van der Waals surface area contributed by atoms with Crippen LogP contribution in [0.2, 0.25) is 0 Å². The van der Waals surface area contributed by atoms with E-state index in [2.05, 4.69) is 34.8 Å². The van der Waals surface area contributed by atoms with Crippen LogP contribution < -0.4 is 10.9 Å². The average molecular weight is 409 g/mol. The van der Waals surface area contributed by atoms with Crippen LogP contribution in [0, 0.1) is 0 Å². The van der Waals surface area contributed by atoms with E-state index in [1.165, 1.54) is 5.69 Å². The number of pyridine rings is 1. The SMILES string of the molecule is CC(C)NCc1cc2c3c(ccc2n1C)-c1[nH]c(=O)c(C(=O)O)c(O)c1[C@H](C)CC3. The Hall–Kier alpha value is -3.06. The first kappa shape index (κ1) is 20.2. The standard InChI is InChI=1S/C23H27N3O4/c1-11(2)24-10-13-9-16-14-6-5-12(3)18-20(15(14)7-8-17(16)26(13)4)25-22(28)19(21(18)27)23(29)30/h7-9,11-12,24H,5-6,10H2,1-4H3,(H,29,30)(H2,25,27,28)/t12-/m1/s1. The number of carboxylic acid groups (broad SMARTS) is 1.